The van der Waals surface area contributed by atoms with Crippen molar-refractivity contribution in [2.24, 2.45) is 0 Å². The average molecular weight is 378 g/mol. The highest BCUT2D eigenvalue weighted by Crippen LogP contribution is 2.13. The summed E-state index contributed by atoms with van der Waals surface area (Å²) in [7, 11) is 0. The van der Waals surface area contributed by atoms with E-state index in [2.05, 4.69) is 10.6 Å². The molecule has 28 heavy (non-hydrogen) atoms. The Morgan fingerprint density at radius 3 is 2.61 bits per heavy atom. The second-order valence-corrected chi connectivity index (χ2v) is 6.65. The summed E-state index contributed by atoms with van der Waals surface area (Å²) in [5.41, 5.74) is 0.985. The van der Waals surface area contributed by atoms with E-state index < -0.39 is 11.5 Å². The number of hydrogen-bond acceptors (Lipinski definition) is 4. The standard InChI is InChI=1S/C22H22N2O4/c1-3-14(2)24-20(25)17-9-6-7-15(11-17)13-23-21(26)18-12-16-8-4-5-10-19(16)28-22(18)27/h4-12,14H,3,13H2,1-2H3,(H,23,26)(H,24,25)/t14-/m0/s1. The number of carbonyl (C=O) groups is 2. The van der Waals surface area contributed by atoms with Crippen molar-refractivity contribution in [3.05, 3.63) is 81.7 Å². The van der Waals surface area contributed by atoms with Gasteiger partial charge in [-0.25, -0.2) is 4.79 Å². The fraction of sp³-hybridized carbons (Fsp3) is 0.227. The number of para-hydroxylation sites is 1. The number of rotatable bonds is 6. The Morgan fingerprint density at radius 1 is 1.04 bits per heavy atom. The van der Waals surface area contributed by atoms with Crippen molar-refractivity contribution < 1.29 is 14.0 Å². The lowest BCUT2D eigenvalue weighted by Crippen LogP contribution is -2.32. The van der Waals surface area contributed by atoms with E-state index in [1.807, 2.05) is 19.9 Å². The summed E-state index contributed by atoms with van der Waals surface area (Å²) in [5.74, 6) is -0.674. The molecule has 0 radical (unpaired) electrons. The molecule has 0 bridgehead atoms. The third-order valence-electron chi connectivity index (χ3n) is 4.52. The van der Waals surface area contributed by atoms with Crippen LogP contribution in [0, 0.1) is 0 Å². The van der Waals surface area contributed by atoms with Crippen LogP contribution in [0.5, 0.6) is 0 Å². The largest absolute Gasteiger partial charge is 0.422 e. The number of benzene rings is 2. The number of amides is 2. The Morgan fingerprint density at radius 2 is 1.82 bits per heavy atom. The molecule has 0 aliphatic heterocycles. The summed E-state index contributed by atoms with van der Waals surface area (Å²) in [6.07, 6.45) is 0.843. The molecular weight excluding hydrogens is 356 g/mol. The van der Waals surface area contributed by atoms with E-state index in [1.165, 1.54) is 6.07 Å². The minimum atomic E-state index is -0.683. The quantitative estimate of drug-likeness (QED) is 0.645. The Bertz CT molecular complexity index is 1070. The fourth-order valence-electron chi connectivity index (χ4n) is 2.73. The molecule has 2 amide bonds. The molecule has 0 spiro atoms. The first-order chi connectivity index (χ1) is 13.5. The lowest BCUT2D eigenvalue weighted by Gasteiger charge is -2.12. The van der Waals surface area contributed by atoms with E-state index in [1.54, 1.807) is 42.5 Å². The van der Waals surface area contributed by atoms with Crippen LogP contribution in [0.3, 0.4) is 0 Å². The van der Waals surface area contributed by atoms with Crippen molar-refractivity contribution in [3.63, 3.8) is 0 Å². The van der Waals surface area contributed by atoms with Crippen molar-refractivity contribution in [3.8, 4) is 0 Å². The van der Waals surface area contributed by atoms with Crippen LogP contribution in [-0.4, -0.2) is 17.9 Å². The van der Waals surface area contributed by atoms with Crippen LogP contribution in [-0.2, 0) is 6.54 Å². The molecule has 1 heterocycles. The third kappa shape index (κ3) is 4.46. The van der Waals surface area contributed by atoms with Crippen LogP contribution in [0.25, 0.3) is 11.0 Å². The van der Waals surface area contributed by atoms with Gasteiger partial charge in [0.05, 0.1) is 0 Å². The number of nitrogens with one attached hydrogen (secondary N) is 2. The second-order valence-electron chi connectivity index (χ2n) is 6.65. The predicted octanol–water partition coefficient (Wildman–Crippen LogP) is 3.25. The molecule has 144 valence electrons. The van der Waals surface area contributed by atoms with Crippen LogP contribution < -0.4 is 16.3 Å². The van der Waals surface area contributed by atoms with Gasteiger partial charge in [0.25, 0.3) is 11.8 Å². The van der Waals surface area contributed by atoms with Crippen LogP contribution in [0.1, 0.15) is 46.5 Å². The van der Waals surface area contributed by atoms with Gasteiger partial charge in [0, 0.05) is 23.5 Å². The Hall–Kier alpha value is -3.41. The molecule has 1 aromatic heterocycles. The number of fused-ring (bicyclic) bond motifs is 1. The smallest absolute Gasteiger partial charge is 0.349 e. The molecule has 2 aromatic carbocycles. The van der Waals surface area contributed by atoms with Crippen LogP contribution >= 0.6 is 0 Å². The lowest BCUT2D eigenvalue weighted by molar-refractivity contribution is 0.0936. The molecule has 0 aliphatic carbocycles. The minimum absolute atomic E-state index is 0.0515. The van der Waals surface area contributed by atoms with Gasteiger partial charge in [0.1, 0.15) is 11.1 Å². The number of carbonyl (C=O) groups excluding carboxylic acids is 2. The Balaban J connectivity index is 1.71. The third-order valence-corrected chi connectivity index (χ3v) is 4.52. The zero-order valence-electron chi connectivity index (χ0n) is 15.8. The maximum atomic E-state index is 12.4. The van der Waals surface area contributed by atoms with E-state index >= 15 is 0 Å². The summed E-state index contributed by atoms with van der Waals surface area (Å²) in [4.78, 5) is 36.8. The summed E-state index contributed by atoms with van der Waals surface area (Å²) in [6, 6.07) is 15.6. The van der Waals surface area contributed by atoms with Crippen LogP contribution in [0.4, 0.5) is 0 Å². The zero-order valence-corrected chi connectivity index (χ0v) is 15.8. The van der Waals surface area contributed by atoms with Gasteiger partial charge in [-0.05, 0) is 43.2 Å². The second kappa shape index (κ2) is 8.52. The van der Waals surface area contributed by atoms with Crippen molar-refractivity contribution in [2.45, 2.75) is 32.9 Å². The highest BCUT2D eigenvalue weighted by Gasteiger charge is 2.14. The molecule has 0 fully saturated rings. The molecule has 6 nitrogen and oxygen atoms in total. The van der Waals surface area contributed by atoms with Gasteiger partial charge in [-0.3, -0.25) is 9.59 Å². The number of hydrogen-bond donors (Lipinski definition) is 2. The van der Waals surface area contributed by atoms with E-state index in [-0.39, 0.29) is 24.1 Å². The van der Waals surface area contributed by atoms with E-state index in [9.17, 15) is 14.4 Å². The SMILES string of the molecule is CC[C@H](C)NC(=O)c1cccc(CNC(=O)c2cc3ccccc3oc2=O)c1. The molecule has 1 atom stereocenters. The predicted molar refractivity (Wildman–Crippen MR) is 107 cm³/mol. The molecule has 2 N–H and O–H groups in total. The van der Waals surface area contributed by atoms with Gasteiger partial charge in [0.15, 0.2) is 0 Å². The average Bonchev–Trinajstić information content (AvgIpc) is 2.71. The maximum absolute atomic E-state index is 12.4. The molecular formula is C22H22N2O4. The molecule has 0 aliphatic rings. The molecule has 3 aromatic rings. The summed E-state index contributed by atoms with van der Waals surface area (Å²) < 4.78 is 5.19. The summed E-state index contributed by atoms with van der Waals surface area (Å²) >= 11 is 0. The van der Waals surface area contributed by atoms with Crippen molar-refractivity contribution in [2.75, 3.05) is 0 Å². The van der Waals surface area contributed by atoms with E-state index in [4.69, 9.17) is 4.42 Å². The van der Waals surface area contributed by atoms with Gasteiger partial charge in [-0.2, -0.15) is 0 Å². The van der Waals surface area contributed by atoms with Crippen LogP contribution in [0.15, 0.2) is 63.8 Å². The van der Waals surface area contributed by atoms with Gasteiger partial charge in [-0.15, -0.1) is 0 Å². The first-order valence-corrected chi connectivity index (χ1v) is 9.19. The molecule has 0 saturated heterocycles. The molecule has 0 saturated carbocycles. The van der Waals surface area contributed by atoms with Gasteiger partial charge in [0.2, 0.25) is 0 Å². The summed E-state index contributed by atoms with van der Waals surface area (Å²) in [6.45, 7) is 4.13. The Kier molecular flexibility index (Phi) is 5.89. The van der Waals surface area contributed by atoms with Crippen molar-refractivity contribution >= 4 is 22.8 Å². The van der Waals surface area contributed by atoms with E-state index in [0.717, 1.165) is 12.0 Å². The first kappa shape index (κ1) is 19.4. The molecule has 3 rings (SSSR count). The zero-order chi connectivity index (χ0) is 20.1. The normalized spacial score (nSPS) is 11.8. The fourth-order valence-corrected chi connectivity index (χ4v) is 2.73. The van der Waals surface area contributed by atoms with Crippen molar-refractivity contribution in [1.29, 1.82) is 0 Å². The first-order valence-electron chi connectivity index (χ1n) is 9.19. The molecule has 6 heteroatoms. The van der Waals surface area contributed by atoms with Crippen LogP contribution in [0.2, 0.25) is 0 Å². The Labute approximate surface area is 162 Å². The lowest BCUT2D eigenvalue weighted by atomic mass is 10.1. The van der Waals surface area contributed by atoms with E-state index in [0.29, 0.717) is 16.5 Å². The maximum Gasteiger partial charge on any atom is 0.349 e. The highest BCUT2D eigenvalue weighted by molar-refractivity contribution is 5.97. The summed E-state index contributed by atoms with van der Waals surface area (Å²) in [5, 5.41) is 6.29. The highest BCUT2D eigenvalue weighted by atomic mass is 16.4. The van der Waals surface area contributed by atoms with Gasteiger partial charge in [-0.1, -0.05) is 37.3 Å². The molecule has 0 unspecified atom stereocenters. The topological polar surface area (TPSA) is 88.4 Å². The van der Waals surface area contributed by atoms with Gasteiger partial charge < -0.3 is 15.1 Å². The monoisotopic (exact) mass is 378 g/mol. The minimum Gasteiger partial charge on any atom is -0.422 e. The van der Waals surface area contributed by atoms with Crippen molar-refractivity contribution in [1.82, 2.24) is 10.6 Å². The van der Waals surface area contributed by atoms with Gasteiger partial charge >= 0.3 is 5.63 Å².